The van der Waals surface area contributed by atoms with E-state index in [1.54, 1.807) is 0 Å². The van der Waals surface area contributed by atoms with Crippen LogP contribution in [0.25, 0.3) is 0 Å². The van der Waals surface area contributed by atoms with E-state index >= 15 is 0 Å². The van der Waals surface area contributed by atoms with Crippen molar-refractivity contribution in [2.75, 3.05) is 33.2 Å². The van der Waals surface area contributed by atoms with Crippen LogP contribution in [0.1, 0.15) is 41.4 Å². The first-order valence-electron chi connectivity index (χ1n) is 10.2. The molecular weight excluding hydrogens is 350 g/mol. The zero-order valence-electron chi connectivity index (χ0n) is 17.3. The van der Waals surface area contributed by atoms with Crippen molar-refractivity contribution in [2.24, 2.45) is 11.7 Å². The van der Waals surface area contributed by atoms with Crippen molar-refractivity contribution in [3.63, 3.8) is 0 Å². The number of rotatable bonds is 7. The van der Waals surface area contributed by atoms with Crippen molar-refractivity contribution in [1.82, 2.24) is 20.0 Å². The van der Waals surface area contributed by atoms with Crippen LogP contribution in [-0.4, -0.2) is 59.1 Å². The Kier molecular flexibility index (Phi) is 6.86. The van der Waals surface area contributed by atoms with Crippen LogP contribution in [0.2, 0.25) is 0 Å². The van der Waals surface area contributed by atoms with Gasteiger partial charge in [-0.2, -0.15) is 5.10 Å². The van der Waals surface area contributed by atoms with Crippen LogP contribution in [0.3, 0.4) is 0 Å². The molecule has 28 heavy (non-hydrogen) atoms. The second-order valence-corrected chi connectivity index (χ2v) is 8.09. The summed E-state index contributed by atoms with van der Waals surface area (Å²) in [6.07, 6.45) is 3.10. The number of carbonyl (C=O) groups excluding carboxylic acids is 1. The van der Waals surface area contributed by atoms with E-state index in [9.17, 15) is 4.79 Å². The molecule has 152 valence electrons. The highest BCUT2D eigenvalue weighted by Crippen LogP contribution is 2.23. The molecule has 1 fully saturated rings. The number of aromatic amines is 1. The molecule has 3 rings (SSSR count). The fourth-order valence-electron chi connectivity index (χ4n) is 4.09. The third kappa shape index (κ3) is 5.00. The van der Waals surface area contributed by atoms with Gasteiger partial charge in [-0.3, -0.25) is 9.89 Å². The predicted octanol–water partition coefficient (Wildman–Crippen LogP) is 2.44. The van der Waals surface area contributed by atoms with E-state index in [-0.39, 0.29) is 5.91 Å². The van der Waals surface area contributed by atoms with Crippen LogP contribution < -0.4 is 5.73 Å². The normalized spacial score (nSPS) is 16.9. The maximum absolute atomic E-state index is 13.4. The molecule has 2 heterocycles. The first-order chi connectivity index (χ1) is 13.5. The van der Waals surface area contributed by atoms with Gasteiger partial charge in [-0.25, -0.2) is 0 Å². The standard InChI is InChI=1S/C22H33N5O/c1-16-20(17(2)25-24-16)21(23)22(28)27(14-11-18-7-5-4-6-8-18)15-19-9-12-26(3)13-10-19/h4-8,19,21H,9-15,23H2,1-3H3,(H,24,25)/t21-/m1/s1. The lowest BCUT2D eigenvalue weighted by atomic mass is 9.95. The minimum Gasteiger partial charge on any atom is -0.340 e. The molecular formula is C22H33N5O. The number of carbonyl (C=O) groups is 1. The van der Waals surface area contributed by atoms with Gasteiger partial charge in [-0.1, -0.05) is 30.3 Å². The van der Waals surface area contributed by atoms with Gasteiger partial charge in [0.15, 0.2) is 0 Å². The number of aromatic nitrogens is 2. The van der Waals surface area contributed by atoms with Gasteiger partial charge in [0.2, 0.25) is 5.91 Å². The average Bonchev–Trinajstić information content (AvgIpc) is 3.04. The fraction of sp³-hybridized carbons (Fsp3) is 0.545. The smallest absolute Gasteiger partial charge is 0.244 e. The molecule has 1 aromatic heterocycles. The molecule has 6 heteroatoms. The second-order valence-electron chi connectivity index (χ2n) is 8.09. The van der Waals surface area contributed by atoms with E-state index in [4.69, 9.17) is 5.73 Å². The molecule has 1 saturated heterocycles. The summed E-state index contributed by atoms with van der Waals surface area (Å²) in [5.41, 5.74) is 10.2. The Hall–Kier alpha value is -2.18. The Balaban J connectivity index is 1.73. The third-order valence-electron chi connectivity index (χ3n) is 5.90. The Morgan fingerprint density at radius 3 is 2.57 bits per heavy atom. The van der Waals surface area contributed by atoms with Gasteiger partial charge >= 0.3 is 0 Å². The Morgan fingerprint density at radius 2 is 1.96 bits per heavy atom. The highest BCUT2D eigenvalue weighted by Gasteiger charge is 2.29. The van der Waals surface area contributed by atoms with E-state index in [0.717, 1.165) is 55.8 Å². The summed E-state index contributed by atoms with van der Waals surface area (Å²) >= 11 is 0. The quantitative estimate of drug-likeness (QED) is 0.770. The number of nitrogens with two attached hydrogens (primary N) is 1. The van der Waals surface area contributed by atoms with E-state index in [0.29, 0.717) is 12.5 Å². The summed E-state index contributed by atoms with van der Waals surface area (Å²) in [6.45, 7) is 7.49. The summed E-state index contributed by atoms with van der Waals surface area (Å²) in [5.74, 6) is 0.539. The third-order valence-corrected chi connectivity index (χ3v) is 5.90. The predicted molar refractivity (Wildman–Crippen MR) is 112 cm³/mol. The Labute approximate surface area is 168 Å². The molecule has 0 bridgehead atoms. The van der Waals surface area contributed by atoms with Crippen molar-refractivity contribution in [2.45, 2.75) is 39.2 Å². The molecule has 1 atom stereocenters. The Bertz CT molecular complexity index is 745. The molecule has 0 saturated carbocycles. The highest BCUT2D eigenvalue weighted by molar-refractivity contribution is 5.83. The minimum atomic E-state index is -0.666. The number of piperidine rings is 1. The zero-order chi connectivity index (χ0) is 20.1. The zero-order valence-corrected chi connectivity index (χ0v) is 17.3. The molecule has 0 spiro atoms. The number of hydrogen-bond donors (Lipinski definition) is 2. The van der Waals surface area contributed by atoms with E-state index in [1.807, 2.05) is 36.9 Å². The number of amides is 1. The maximum Gasteiger partial charge on any atom is 0.244 e. The summed E-state index contributed by atoms with van der Waals surface area (Å²) < 4.78 is 0. The molecule has 6 nitrogen and oxygen atoms in total. The molecule has 3 N–H and O–H groups in total. The lowest BCUT2D eigenvalue weighted by Crippen LogP contribution is -2.44. The highest BCUT2D eigenvalue weighted by atomic mass is 16.2. The van der Waals surface area contributed by atoms with E-state index in [2.05, 4.69) is 34.3 Å². The van der Waals surface area contributed by atoms with Gasteiger partial charge in [0.25, 0.3) is 0 Å². The molecule has 0 radical (unpaired) electrons. The van der Waals surface area contributed by atoms with Gasteiger partial charge < -0.3 is 15.5 Å². The van der Waals surface area contributed by atoms with Gasteiger partial charge in [0, 0.05) is 24.3 Å². The number of nitrogens with one attached hydrogen (secondary N) is 1. The Morgan fingerprint density at radius 1 is 1.29 bits per heavy atom. The lowest BCUT2D eigenvalue weighted by molar-refractivity contribution is -0.133. The number of nitrogens with zero attached hydrogens (tertiary/aromatic N) is 3. The van der Waals surface area contributed by atoms with E-state index in [1.165, 1.54) is 5.56 Å². The summed E-state index contributed by atoms with van der Waals surface area (Å²) in [5, 5.41) is 7.16. The number of likely N-dealkylation sites (tertiary alicyclic amines) is 1. The van der Waals surface area contributed by atoms with Crippen LogP contribution in [0, 0.1) is 19.8 Å². The van der Waals surface area contributed by atoms with Crippen molar-refractivity contribution < 1.29 is 4.79 Å². The molecule has 0 aliphatic carbocycles. The molecule has 1 aromatic carbocycles. The number of benzene rings is 1. The van der Waals surface area contributed by atoms with Crippen molar-refractivity contribution in [1.29, 1.82) is 0 Å². The van der Waals surface area contributed by atoms with E-state index < -0.39 is 6.04 Å². The van der Waals surface area contributed by atoms with Gasteiger partial charge in [0.05, 0.1) is 5.69 Å². The van der Waals surface area contributed by atoms with Gasteiger partial charge in [0.1, 0.15) is 6.04 Å². The SMILES string of the molecule is Cc1n[nH]c(C)c1[C@@H](N)C(=O)N(CCc1ccccc1)CC1CCN(C)CC1. The fourth-order valence-corrected chi connectivity index (χ4v) is 4.09. The minimum absolute atomic E-state index is 0.00228. The van der Waals surface area contributed by atoms with Crippen LogP contribution in [0.4, 0.5) is 0 Å². The van der Waals surface area contributed by atoms with Gasteiger partial charge in [-0.15, -0.1) is 0 Å². The van der Waals surface area contributed by atoms with Crippen molar-refractivity contribution in [3.05, 3.63) is 52.8 Å². The van der Waals surface area contributed by atoms with Crippen LogP contribution >= 0.6 is 0 Å². The van der Waals surface area contributed by atoms with Gasteiger partial charge in [-0.05, 0) is 64.7 Å². The summed E-state index contributed by atoms with van der Waals surface area (Å²) in [4.78, 5) is 17.7. The average molecular weight is 384 g/mol. The van der Waals surface area contributed by atoms with Crippen LogP contribution in [-0.2, 0) is 11.2 Å². The number of H-pyrrole nitrogens is 1. The number of hydrogen-bond acceptors (Lipinski definition) is 4. The monoisotopic (exact) mass is 383 g/mol. The van der Waals surface area contributed by atoms with Crippen LogP contribution in [0.15, 0.2) is 30.3 Å². The second kappa shape index (κ2) is 9.34. The largest absolute Gasteiger partial charge is 0.340 e. The van der Waals surface area contributed by atoms with Crippen molar-refractivity contribution >= 4 is 5.91 Å². The first-order valence-corrected chi connectivity index (χ1v) is 10.2. The lowest BCUT2D eigenvalue weighted by Gasteiger charge is -2.34. The first kappa shape index (κ1) is 20.6. The van der Waals surface area contributed by atoms with Crippen molar-refractivity contribution in [3.8, 4) is 0 Å². The molecule has 2 aromatic rings. The topological polar surface area (TPSA) is 78.2 Å². The molecule has 1 aliphatic heterocycles. The molecule has 1 aliphatic rings. The van der Waals surface area contributed by atoms with Crippen LogP contribution in [0.5, 0.6) is 0 Å². The summed E-state index contributed by atoms with van der Waals surface area (Å²) in [6, 6.07) is 9.67. The molecule has 0 unspecified atom stereocenters. The maximum atomic E-state index is 13.4. The number of aryl methyl sites for hydroxylation is 2. The molecule has 1 amide bonds. The summed E-state index contributed by atoms with van der Waals surface area (Å²) in [7, 11) is 2.16.